The van der Waals surface area contributed by atoms with Gasteiger partial charge in [0.25, 0.3) is 0 Å². The molecule has 13 heavy (non-hydrogen) atoms. The van der Waals surface area contributed by atoms with Crippen molar-refractivity contribution in [2.45, 2.75) is 26.4 Å². The van der Waals surface area contributed by atoms with Gasteiger partial charge < -0.3 is 5.11 Å². The second-order valence-electron chi connectivity index (χ2n) is 3.93. The highest BCUT2D eigenvalue weighted by Gasteiger charge is 2.39. The summed E-state index contributed by atoms with van der Waals surface area (Å²) in [5.74, 6) is 1.21. The minimum absolute atomic E-state index is 0.231. The van der Waals surface area contributed by atoms with Gasteiger partial charge in [-0.15, -0.1) is 11.3 Å². The molecule has 72 valence electrons. The van der Waals surface area contributed by atoms with Crippen LogP contribution in [0.4, 0.5) is 0 Å². The maximum atomic E-state index is 9.96. The normalized spacial score (nSPS) is 28.9. The number of thiophene rings is 1. The zero-order chi connectivity index (χ0) is 9.59. The molecule has 1 N–H and O–H groups in total. The first-order chi connectivity index (χ1) is 6.09. The summed E-state index contributed by atoms with van der Waals surface area (Å²) in [6.45, 7) is 4.26. The minimum atomic E-state index is -0.231. The van der Waals surface area contributed by atoms with Crippen LogP contribution in [0, 0.1) is 18.8 Å². The van der Waals surface area contributed by atoms with Crippen molar-refractivity contribution in [2.24, 2.45) is 11.8 Å². The van der Waals surface area contributed by atoms with E-state index in [1.807, 2.05) is 0 Å². The summed E-state index contributed by atoms with van der Waals surface area (Å²) in [5.41, 5.74) is 1.23. The summed E-state index contributed by atoms with van der Waals surface area (Å²) in [6, 6.07) is 2.09. The quantitative estimate of drug-likeness (QED) is 0.863. The molecule has 0 spiro atoms. The molecule has 1 saturated carbocycles. The average molecular weight is 261 g/mol. The SMILES string of the molecule is Cc1cc(C(O)C2CC2C)sc1Br. The lowest BCUT2D eigenvalue weighted by atomic mass is 10.1. The summed E-state index contributed by atoms with van der Waals surface area (Å²) in [4.78, 5) is 1.11. The van der Waals surface area contributed by atoms with Gasteiger partial charge in [0.2, 0.25) is 0 Å². The lowest BCUT2D eigenvalue weighted by molar-refractivity contribution is 0.152. The Labute approximate surface area is 90.9 Å². The second kappa shape index (κ2) is 3.37. The van der Waals surface area contributed by atoms with E-state index >= 15 is 0 Å². The Hall–Kier alpha value is 0.140. The summed E-state index contributed by atoms with van der Waals surface area (Å²) in [6.07, 6.45) is 0.945. The smallest absolute Gasteiger partial charge is 0.0913 e. The molecular formula is C10H13BrOS. The Morgan fingerprint density at radius 2 is 2.31 bits per heavy atom. The van der Waals surface area contributed by atoms with Gasteiger partial charge in [-0.3, -0.25) is 0 Å². The van der Waals surface area contributed by atoms with Gasteiger partial charge in [-0.1, -0.05) is 6.92 Å². The predicted molar refractivity (Wildman–Crippen MR) is 59.0 cm³/mol. The van der Waals surface area contributed by atoms with E-state index in [1.54, 1.807) is 11.3 Å². The molecule has 1 aliphatic rings. The molecule has 1 aromatic heterocycles. The van der Waals surface area contributed by atoms with Crippen LogP contribution >= 0.6 is 27.3 Å². The summed E-state index contributed by atoms with van der Waals surface area (Å²) in [5, 5.41) is 9.96. The van der Waals surface area contributed by atoms with Crippen LogP contribution in [0.2, 0.25) is 0 Å². The Morgan fingerprint density at radius 3 is 2.69 bits per heavy atom. The van der Waals surface area contributed by atoms with Crippen molar-refractivity contribution in [3.63, 3.8) is 0 Å². The fourth-order valence-corrected chi connectivity index (χ4v) is 3.26. The highest BCUT2D eigenvalue weighted by Crippen LogP contribution is 2.48. The molecule has 0 aromatic carbocycles. The molecular weight excluding hydrogens is 248 g/mol. The summed E-state index contributed by atoms with van der Waals surface area (Å²) >= 11 is 5.14. The molecule has 0 saturated heterocycles. The third kappa shape index (κ3) is 1.83. The van der Waals surface area contributed by atoms with Crippen molar-refractivity contribution in [3.05, 3.63) is 20.3 Å². The van der Waals surface area contributed by atoms with Crippen LogP contribution in [0.1, 0.15) is 29.9 Å². The second-order valence-corrected chi connectivity index (χ2v) is 6.33. The summed E-state index contributed by atoms with van der Waals surface area (Å²) in [7, 11) is 0. The van der Waals surface area contributed by atoms with E-state index in [9.17, 15) is 5.11 Å². The molecule has 3 heteroatoms. The van der Waals surface area contributed by atoms with Crippen molar-refractivity contribution in [3.8, 4) is 0 Å². The molecule has 0 amide bonds. The molecule has 0 bridgehead atoms. The largest absolute Gasteiger partial charge is 0.387 e. The Bertz CT molecular complexity index is 301. The van der Waals surface area contributed by atoms with Crippen LogP contribution in [-0.2, 0) is 0 Å². The van der Waals surface area contributed by atoms with Crippen LogP contribution in [-0.4, -0.2) is 5.11 Å². The Morgan fingerprint density at radius 1 is 1.69 bits per heavy atom. The molecule has 1 heterocycles. The van der Waals surface area contributed by atoms with Crippen molar-refractivity contribution in [1.29, 1.82) is 0 Å². The van der Waals surface area contributed by atoms with Gasteiger partial charge in [0.1, 0.15) is 0 Å². The van der Waals surface area contributed by atoms with E-state index in [1.165, 1.54) is 12.0 Å². The number of aryl methyl sites for hydroxylation is 1. The van der Waals surface area contributed by atoms with E-state index in [4.69, 9.17) is 0 Å². The molecule has 3 unspecified atom stereocenters. The first-order valence-electron chi connectivity index (χ1n) is 4.53. The predicted octanol–water partition coefficient (Wildman–Crippen LogP) is 3.51. The van der Waals surface area contributed by atoms with Crippen molar-refractivity contribution in [1.82, 2.24) is 0 Å². The standard InChI is InChI=1S/C10H13BrOS/c1-5-3-7(5)9(12)8-4-6(2)10(11)13-8/h4-5,7,9,12H,3H2,1-2H3. The van der Waals surface area contributed by atoms with Crippen LogP contribution in [0.5, 0.6) is 0 Å². The maximum Gasteiger partial charge on any atom is 0.0913 e. The lowest BCUT2D eigenvalue weighted by Crippen LogP contribution is -1.97. The van der Waals surface area contributed by atoms with E-state index in [0.717, 1.165) is 8.66 Å². The third-order valence-corrected chi connectivity index (χ3v) is 4.95. The van der Waals surface area contributed by atoms with Gasteiger partial charge in [0.05, 0.1) is 9.89 Å². The fourth-order valence-electron chi connectivity index (χ4n) is 1.63. The zero-order valence-electron chi connectivity index (χ0n) is 7.75. The molecule has 1 nitrogen and oxygen atoms in total. The number of hydrogen-bond acceptors (Lipinski definition) is 2. The van der Waals surface area contributed by atoms with Crippen molar-refractivity contribution in [2.75, 3.05) is 0 Å². The van der Waals surface area contributed by atoms with E-state index < -0.39 is 0 Å². The molecule has 0 aliphatic heterocycles. The van der Waals surface area contributed by atoms with Gasteiger partial charge in [-0.2, -0.15) is 0 Å². The van der Waals surface area contributed by atoms with E-state index in [-0.39, 0.29) is 6.10 Å². The first-order valence-corrected chi connectivity index (χ1v) is 6.14. The minimum Gasteiger partial charge on any atom is -0.387 e. The maximum absolute atomic E-state index is 9.96. The number of hydrogen-bond donors (Lipinski definition) is 1. The van der Waals surface area contributed by atoms with Crippen LogP contribution in [0.25, 0.3) is 0 Å². The van der Waals surface area contributed by atoms with E-state index in [0.29, 0.717) is 11.8 Å². The Kier molecular flexibility index (Phi) is 2.51. The third-order valence-electron chi connectivity index (χ3n) is 2.75. The monoisotopic (exact) mass is 260 g/mol. The van der Waals surface area contributed by atoms with Crippen LogP contribution in [0.15, 0.2) is 9.85 Å². The van der Waals surface area contributed by atoms with Gasteiger partial charge in [-0.05, 0) is 52.7 Å². The molecule has 1 aliphatic carbocycles. The number of rotatable bonds is 2. The highest BCUT2D eigenvalue weighted by molar-refractivity contribution is 9.11. The number of aliphatic hydroxyl groups is 1. The van der Waals surface area contributed by atoms with Gasteiger partial charge in [-0.25, -0.2) is 0 Å². The summed E-state index contributed by atoms with van der Waals surface area (Å²) < 4.78 is 1.15. The fraction of sp³-hybridized carbons (Fsp3) is 0.600. The molecule has 3 atom stereocenters. The van der Waals surface area contributed by atoms with Crippen LogP contribution < -0.4 is 0 Å². The highest BCUT2D eigenvalue weighted by atomic mass is 79.9. The zero-order valence-corrected chi connectivity index (χ0v) is 10.2. The van der Waals surface area contributed by atoms with Gasteiger partial charge in [0.15, 0.2) is 0 Å². The van der Waals surface area contributed by atoms with Gasteiger partial charge >= 0.3 is 0 Å². The van der Waals surface area contributed by atoms with Crippen molar-refractivity contribution < 1.29 is 5.11 Å². The van der Waals surface area contributed by atoms with Crippen molar-refractivity contribution >= 4 is 27.3 Å². The lowest BCUT2D eigenvalue weighted by Gasteiger charge is -2.05. The topological polar surface area (TPSA) is 20.2 Å². The van der Waals surface area contributed by atoms with Crippen LogP contribution in [0.3, 0.4) is 0 Å². The van der Waals surface area contributed by atoms with E-state index in [2.05, 4.69) is 35.8 Å². The number of halogens is 1. The molecule has 1 aromatic rings. The van der Waals surface area contributed by atoms with Gasteiger partial charge in [0, 0.05) is 4.88 Å². The number of aliphatic hydroxyl groups excluding tert-OH is 1. The Balaban J connectivity index is 2.16. The first kappa shape index (κ1) is 9.69. The average Bonchev–Trinajstić information content (AvgIpc) is 2.70. The molecule has 2 rings (SSSR count). The molecule has 1 fully saturated rings. The molecule has 0 radical (unpaired) electrons.